The third kappa shape index (κ3) is 4.43. The van der Waals surface area contributed by atoms with Crippen molar-refractivity contribution >= 4 is 11.4 Å². The molecule has 1 aliphatic carbocycles. The highest BCUT2D eigenvalue weighted by molar-refractivity contribution is 5.85. The van der Waals surface area contributed by atoms with Gasteiger partial charge in [-0.05, 0) is 74.0 Å². The van der Waals surface area contributed by atoms with Crippen molar-refractivity contribution in [3.63, 3.8) is 0 Å². The lowest BCUT2D eigenvalue weighted by Crippen LogP contribution is -2.21. The molecule has 0 N–H and O–H groups in total. The van der Waals surface area contributed by atoms with Crippen molar-refractivity contribution in [2.45, 2.75) is 72.6 Å². The number of nitrogens with zero attached hydrogens (tertiary/aromatic N) is 1. The average molecular weight is 285 g/mol. The van der Waals surface area contributed by atoms with Crippen LogP contribution in [-0.2, 0) is 5.41 Å². The number of hydrogen-bond acceptors (Lipinski definition) is 1. The van der Waals surface area contributed by atoms with Crippen LogP contribution in [0.2, 0.25) is 0 Å². The molecule has 0 bridgehead atoms. The van der Waals surface area contributed by atoms with Crippen LogP contribution in [0.25, 0.3) is 0 Å². The van der Waals surface area contributed by atoms with Crippen LogP contribution in [0.15, 0.2) is 23.2 Å². The zero-order chi connectivity index (χ0) is 15.6. The fraction of sp³-hybridized carbons (Fsp3) is 0.650. The van der Waals surface area contributed by atoms with Crippen LogP contribution < -0.4 is 0 Å². The van der Waals surface area contributed by atoms with Crippen LogP contribution in [0, 0.1) is 18.8 Å². The Morgan fingerprint density at radius 2 is 1.90 bits per heavy atom. The van der Waals surface area contributed by atoms with Gasteiger partial charge in [0.25, 0.3) is 0 Å². The van der Waals surface area contributed by atoms with Crippen LogP contribution in [0.3, 0.4) is 0 Å². The van der Waals surface area contributed by atoms with Crippen molar-refractivity contribution in [1.29, 1.82) is 0 Å². The van der Waals surface area contributed by atoms with E-state index in [1.165, 1.54) is 36.1 Å². The summed E-state index contributed by atoms with van der Waals surface area (Å²) < 4.78 is 0. The van der Waals surface area contributed by atoms with Crippen LogP contribution in [-0.4, -0.2) is 5.71 Å². The van der Waals surface area contributed by atoms with E-state index in [0.717, 1.165) is 23.9 Å². The third-order valence-corrected chi connectivity index (χ3v) is 4.77. The Hall–Kier alpha value is -1.11. The second-order valence-electron chi connectivity index (χ2n) is 8.08. The lowest BCUT2D eigenvalue weighted by molar-refractivity contribution is 0.202. The highest BCUT2D eigenvalue weighted by Gasteiger charge is 2.24. The zero-order valence-electron chi connectivity index (χ0n) is 14.7. The van der Waals surface area contributed by atoms with Gasteiger partial charge in [0.15, 0.2) is 0 Å². The Kier molecular flexibility index (Phi) is 4.91. The molecule has 0 radical (unpaired) electrons. The smallest absolute Gasteiger partial charge is 0.0660 e. The maximum absolute atomic E-state index is 4.90. The summed E-state index contributed by atoms with van der Waals surface area (Å²) in [4.78, 5) is 4.90. The summed E-state index contributed by atoms with van der Waals surface area (Å²) in [5.74, 6) is 1.91. The number of benzene rings is 1. The summed E-state index contributed by atoms with van der Waals surface area (Å²) in [6.45, 7) is 13.5. The van der Waals surface area contributed by atoms with E-state index in [4.69, 9.17) is 4.99 Å². The highest BCUT2D eigenvalue weighted by atomic mass is 14.7. The largest absolute Gasteiger partial charge is 0.258 e. The monoisotopic (exact) mass is 285 g/mol. The molecule has 0 atom stereocenters. The van der Waals surface area contributed by atoms with Gasteiger partial charge in [-0.25, -0.2) is 0 Å². The Morgan fingerprint density at radius 1 is 1.24 bits per heavy atom. The topological polar surface area (TPSA) is 12.4 Å². The second-order valence-corrected chi connectivity index (χ2v) is 8.08. The maximum Gasteiger partial charge on any atom is 0.0660 e. The molecule has 0 aliphatic heterocycles. The van der Waals surface area contributed by atoms with Gasteiger partial charge in [0.05, 0.1) is 5.69 Å². The van der Waals surface area contributed by atoms with Gasteiger partial charge in [-0.1, -0.05) is 39.8 Å². The van der Waals surface area contributed by atoms with E-state index in [-0.39, 0.29) is 5.41 Å². The summed E-state index contributed by atoms with van der Waals surface area (Å²) in [7, 11) is 0. The lowest BCUT2D eigenvalue weighted by atomic mass is 9.74. The molecule has 1 aromatic rings. The average Bonchev–Trinajstić information content (AvgIpc) is 2.34. The normalized spacial score (nSPS) is 23.0. The Bertz CT molecular complexity index is 513. The highest BCUT2D eigenvalue weighted by Crippen LogP contribution is 2.36. The molecule has 1 aliphatic rings. The van der Waals surface area contributed by atoms with E-state index < -0.39 is 0 Å². The SMILES string of the molecule is CC(CCC1CC(C)C1)=Nc1cc(C(C)(C)C)ccc1C. The molecule has 1 aromatic carbocycles. The lowest BCUT2D eigenvalue weighted by Gasteiger charge is -2.32. The minimum Gasteiger partial charge on any atom is -0.258 e. The molecule has 1 fully saturated rings. The zero-order valence-corrected chi connectivity index (χ0v) is 14.7. The molecular formula is C20H31N. The fourth-order valence-electron chi connectivity index (χ4n) is 3.18. The summed E-state index contributed by atoms with van der Waals surface area (Å²) in [5, 5.41) is 0. The van der Waals surface area contributed by atoms with Gasteiger partial charge in [0.1, 0.15) is 0 Å². The van der Waals surface area contributed by atoms with Crippen molar-refractivity contribution in [3.05, 3.63) is 29.3 Å². The molecule has 2 rings (SSSR count). The molecule has 116 valence electrons. The number of hydrogen-bond donors (Lipinski definition) is 0. The first-order chi connectivity index (χ1) is 9.75. The van der Waals surface area contributed by atoms with Crippen LogP contribution >= 0.6 is 0 Å². The van der Waals surface area contributed by atoms with Gasteiger partial charge in [-0.2, -0.15) is 0 Å². The van der Waals surface area contributed by atoms with E-state index in [1.807, 2.05) is 0 Å². The van der Waals surface area contributed by atoms with Gasteiger partial charge < -0.3 is 0 Å². The van der Waals surface area contributed by atoms with Crippen LogP contribution in [0.1, 0.15) is 71.4 Å². The molecule has 0 unspecified atom stereocenters. The van der Waals surface area contributed by atoms with E-state index >= 15 is 0 Å². The molecule has 0 heterocycles. The van der Waals surface area contributed by atoms with Crippen molar-refractivity contribution in [2.24, 2.45) is 16.8 Å². The molecule has 1 nitrogen and oxygen atoms in total. The summed E-state index contributed by atoms with van der Waals surface area (Å²) in [5.41, 5.74) is 5.27. The van der Waals surface area contributed by atoms with E-state index in [0.29, 0.717) is 0 Å². The van der Waals surface area contributed by atoms with E-state index in [1.54, 1.807) is 0 Å². The number of rotatable bonds is 4. The van der Waals surface area contributed by atoms with Gasteiger partial charge in [0, 0.05) is 5.71 Å². The quantitative estimate of drug-likeness (QED) is 0.583. The second kappa shape index (κ2) is 6.34. The first-order valence-electron chi connectivity index (χ1n) is 8.41. The van der Waals surface area contributed by atoms with Crippen molar-refractivity contribution < 1.29 is 0 Å². The fourth-order valence-corrected chi connectivity index (χ4v) is 3.18. The van der Waals surface area contributed by atoms with Crippen LogP contribution in [0.4, 0.5) is 5.69 Å². The molecule has 21 heavy (non-hydrogen) atoms. The van der Waals surface area contributed by atoms with Gasteiger partial charge in [-0.3, -0.25) is 4.99 Å². The molecular weight excluding hydrogens is 254 g/mol. The van der Waals surface area contributed by atoms with Crippen molar-refractivity contribution in [2.75, 3.05) is 0 Å². The minimum atomic E-state index is 0.188. The van der Waals surface area contributed by atoms with Gasteiger partial charge in [0.2, 0.25) is 0 Å². The standard InChI is InChI=1S/C20H31N/c1-14-11-17(12-14)9-8-16(3)21-19-13-18(20(4,5)6)10-7-15(19)2/h7,10,13-14,17H,8-9,11-12H2,1-6H3. The maximum atomic E-state index is 4.90. The molecule has 1 heteroatoms. The Morgan fingerprint density at radius 3 is 2.48 bits per heavy atom. The molecule has 1 saturated carbocycles. The predicted molar refractivity (Wildman–Crippen MR) is 93.8 cm³/mol. The first-order valence-corrected chi connectivity index (χ1v) is 8.41. The van der Waals surface area contributed by atoms with Gasteiger partial charge in [-0.15, -0.1) is 0 Å². The van der Waals surface area contributed by atoms with Gasteiger partial charge >= 0.3 is 0 Å². The molecule has 0 aromatic heterocycles. The van der Waals surface area contributed by atoms with E-state index in [2.05, 4.69) is 59.7 Å². The predicted octanol–water partition coefficient (Wildman–Crippen LogP) is 6.21. The van der Waals surface area contributed by atoms with Crippen molar-refractivity contribution in [3.8, 4) is 0 Å². The third-order valence-electron chi connectivity index (χ3n) is 4.77. The summed E-state index contributed by atoms with van der Waals surface area (Å²) in [6, 6.07) is 6.71. The van der Waals surface area contributed by atoms with Crippen molar-refractivity contribution in [1.82, 2.24) is 0 Å². The number of aliphatic imine (C=N–C) groups is 1. The first kappa shape index (κ1) is 16.3. The van der Waals surface area contributed by atoms with E-state index in [9.17, 15) is 0 Å². The Balaban J connectivity index is 2.04. The summed E-state index contributed by atoms with van der Waals surface area (Å²) >= 11 is 0. The number of aryl methyl sites for hydroxylation is 1. The molecule has 0 saturated heterocycles. The van der Waals surface area contributed by atoms with Crippen LogP contribution in [0.5, 0.6) is 0 Å². The molecule has 0 amide bonds. The summed E-state index contributed by atoms with van der Waals surface area (Å²) in [6.07, 6.45) is 5.31. The minimum absolute atomic E-state index is 0.188. The molecule has 0 spiro atoms. The Labute approximate surface area is 130 Å².